The van der Waals surface area contributed by atoms with Crippen LogP contribution in [0.25, 0.3) is 10.9 Å². The van der Waals surface area contributed by atoms with Gasteiger partial charge in [0.15, 0.2) is 11.5 Å². The lowest BCUT2D eigenvalue weighted by Crippen LogP contribution is -2.27. The second-order valence-electron chi connectivity index (χ2n) is 7.20. The molecule has 1 aliphatic heterocycles. The third-order valence-corrected chi connectivity index (χ3v) is 5.69. The molecule has 6 nitrogen and oxygen atoms in total. The molecule has 1 saturated heterocycles. The predicted octanol–water partition coefficient (Wildman–Crippen LogP) is 2.74. The SMILES string of the molecule is COc1cc2c(OC)ccnc2cc1OCCN1CC(OC)C2(CC2)C1. The van der Waals surface area contributed by atoms with Gasteiger partial charge in [-0.05, 0) is 25.0 Å². The van der Waals surface area contributed by atoms with Gasteiger partial charge < -0.3 is 18.9 Å². The van der Waals surface area contributed by atoms with Crippen molar-refractivity contribution in [3.8, 4) is 17.2 Å². The highest BCUT2D eigenvalue weighted by atomic mass is 16.5. The van der Waals surface area contributed by atoms with Gasteiger partial charge in [0.2, 0.25) is 0 Å². The topological polar surface area (TPSA) is 53.0 Å². The van der Waals surface area contributed by atoms with E-state index in [0.717, 1.165) is 36.3 Å². The van der Waals surface area contributed by atoms with E-state index in [-0.39, 0.29) is 0 Å². The van der Waals surface area contributed by atoms with Gasteiger partial charge in [-0.15, -0.1) is 0 Å². The zero-order valence-corrected chi connectivity index (χ0v) is 15.7. The van der Waals surface area contributed by atoms with Crippen LogP contribution in [0, 0.1) is 5.41 Å². The van der Waals surface area contributed by atoms with Crippen molar-refractivity contribution in [2.75, 3.05) is 47.6 Å². The summed E-state index contributed by atoms with van der Waals surface area (Å²) in [5, 5.41) is 0.914. The first kappa shape index (κ1) is 17.4. The Hall–Kier alpha value is -2.05. The summed E-state index contributed by atoms with van der Waals surface area (Å²) in [6, 6.07) is 5.68. The first-order valence-corrected chi connectivity index (χ1v) is 9.08. The number of hydrogen-bond donors (Lipinski definition) is 0. The lowest BCUT2D eigenvalue weighted by molar-refractivity contribution is 0.0693. The smallest absolute Gasteiger partial charge is 0.163 e. The largest absolute Gasteiger partial charge is 0.496 e. The first-order valence-electron chi connectivity index (χ1n) is 9.08. The molecule has 1 aliphatic carbocycles. The number of ether oxygens (including phenoxy) is 4. The van der Waals surface area contributed by atoms with Gasteiger partial charge in [0.1, 0.15) is 12.4 Å². The van der Waals surface area contributed by atoms with Crippen LogP contribution in [0.5, 0.6) is 17.2 Å². The molecule has 1 spiro atoms. The van der Waals surface area contributed by atoms with Gasteiger partial charge in [-0.1, -0.05) is 0 Å². The molecule has 0 radical (unpaired) electrons. The minimum Gasteiger partial charge on any atom is -0.496 e. The van der Waals surface area contributed by atoms with E-state index in [4.69, 9.17) is 18.9 Å². The Labute approximate surface area is 154 Å². The molecule has 0 N–H and O–H groups in total. The molecule has 2 aliphatic rings. The fourth-order valence-corrected chi connectivity index (χ4v) is 4.04. The van der Waals surface area contributed by atoms with Gasteiger partial charge in [-0.25, -0.2) is 0 Å². The number of likely N-dealkylation sites (tertiary alicyclic amines) is 1. The van der Waals surface area contributed by atoms with Crippen LogP contribution in [0.4, 0.5) is 0 Å². The van der Waals surface area contributed by atoms with E-state index in [1.54, 1.807) is 20.4 Å². The molecule has 1 atom stereocenters. The Kier molecular flexibility index (Phi) is 4.63. The molecule has 1 saturated carbocycles. The number of benzene rings is 1. The van der Waals surface area contributed by atoms with Crippen LogP contribution in [0.2, 0.25) is 0 Å². The molecular formula is C20H26N2O4. The van der Waals surface area contributed by atoms with Crippen molar-refractivity contribution in [2.45, 2.75) is 18.9 Å². The molecule has 2 heterocycles. The van der Waals surface area contributed by atoms with Crippen molar-refractivity contribution >= 4 is 10.9 Å². The number of nitrogens with zero attached hydrogens (tertiary/aromatic N) is 2. The van der Waals surface area contributed by atoms with Crippen LogP contribution in [0.3, 0.4) is 0 Å². The standard InChI is InChI=1S/C20H26N2O4/c1-23-16-4-7-21-15-11-18(17(24-2)10-14(15)16)26-9-8-22-12-19(25-3)20(13-22)5-6-20/h4,7,10-11,19H,5-6,8-9,12-13H2,1-3H3. The minimum absolute atomic E-state index is 0.370. The van der Waals surface area contributed by atoms with Gasteiger partial charge in [-0.3, -0.25) is 9.88 Å². The number of pyridine rings is 1. The van der Waals surface area contributed by atoms with E-state index in [9.17, 15) is 0 Å². The Morgan fingerprint density at radius 2 is 1.92 bits per heavy atom. The highest BCUT2D eigenvalue weighted by Gasteiger charge is 2.55. The fraction of sp³-hybridized carbons (Fsp3) is 0.550. The van der Waals surface area contributed by atoms with E-state index in [1.807, 2.05) is 25.3 Å². The van der Waals surface area contributed by atoms with E-state index in [0.29, 0.717) is 29.6 Å². The second kappa shape index (κ2) is 6.93. The third kappa shape index (κ3) is 3.08. The maximum atomic E-state index is 6.04. The van der Waals surface area contributed by atoms with Crippen LogP contribution in [-0.4, -0.2) is 63.6 Å². The van der Waals surface area contributed by atoms with Crippen molar-refractivity contribution in [1.29, 1.82) is 0 Å². The second-order valence-corrected chi connectivity index (χ2v) is 7.20. The molecule has 2 fully saturated rings. The highest BCUT2D eigenvalue weighted by molar-refractivity contribution is 5.88. The molecule has 0 amide bonds. The average molecular weight is 358 g/mol. The van der Waals surface area contributed by atoms with Gasteiger partial charge in [0.25, 0.3) is 0 Å². The van der Waals surface area contributed by atoms with Gasteiger partial charge in [-0.2, -0.15) is 0 Å². The Balaban J connectivity index is 1.44. The van der Waals surface area contributed by atoms with Crippen LogP contribution in [-0.2, 0) is 4.74 Å². The Morgan fingerprint density at radius 3 is 2.58 bits per heavy atom. The van der Waals surface area contributed by atoms with Crippen LogP contribution >= 0.6 is 0 Å². The number of aromatic nitrogens is 1. The van der Waals surface area contributed by atoms with Gasteiger partial charge in [0.05, 0.1) is 25.8 Å². The molecule has 1 aromatic heterocycles. The van der Waals surface area contributed by atoms with Crippen LogP contribution < -0.4 is 14.2 Å². The zero-order valence-electron chi connectivity index (χ0n) is 15.7. The van der Waals surface area contributed by atoms with Crippen molar-refractivity contribution in [3.05, 3.63) is 24.4 Å². The Morgan fingerprint density at radius 1 is 1.12 bits per heavy atom. The van der Waals surface area contributed by atoms with Crippen molar-refractivity contribution < 1.29 is 18.9 Å². The maximum Gasteiger partial charge on any atom is 0.163 e. The summed E-state index contributed by atoms with van der Waals surface area (Å²) in [5.74, 6) is 2.18. The summed E-state index contributed by atoms with van der Waals surface area (Å²) in [7, 11) is 5.13. The third-order valence-electron chi connectivity index (χ3n) is 5.69. The van der Waals surface area contributed by atoms with Crippen LogP contribution in [0.1, 0.15) is 12.8 Å². The van der Waals surface area contributed by atoms with E-state index >= 15 is 0 Å². The lowest BCUT2D eigenvalue weighted by Gasteiger charge is -2.17. The monoisotopic (exact) mass is 358 g/mol. The summed E-state index contributed by atoms with van der Waals surface area (Å²) in [5.41, 5.74) is 1.24. The van der Waals surface area contributed by atoms with Gasteiger partial charge >= 0.3 is 0 Å². The van der Waals surface area contributed by atoms with E-state index in [1.165, 1.54) is 12.8 Å². The Bertz CT molecular complexity index is 791. The quantitative estimate of drug-likeness (QED) is 0.759. The van der Waals surface area contributed by atoms with Crippen LogP contribution in [0.15, 0.2) is 24.4 Å². The van der Waals surface area contributed by atoms with Crippen molar-refractivity contribution in [1.82, 2.24) is 9.88 Å². The van der Waals surface area contributed by atoms with Crippen molar-refractivity contribution in [2.24, 2.45) is 5.41 Å². The normalized spacial score (nSPS) is 21.3. The number of rotatable bonds is 7. The van der Waals surface area contributed by atoms with E-state index in [2.05, 4.69) is 9.88 Å². The van der Waals surface area contributed by atoms with E-state index < -0.39 is 0 Å². The van der Waals surface area contributed by atoms with Crippen molar-refractivity contribution in [3.63, 3.8) is 0 Å². The summed E-state index contributed by atoms with van der Waals surface area (Å²) in [4.78, 5) is 6.86. The molecule has 26 heavy (non-hydrogen) atoms. The zero-order chi connectivity index (χ0) is 18.1. The summed E-state index contributed by atoms with van der Waals surface area (Å²) < 4.78 is 22.6. The molecule has 4 rings (SSSR count). The molecule has 1 aromatic carbocycles. The number of fused-ring (bicyclic) bond motifs is 1. The summed E-state index contributed by atoms with van der Waals surface area (Å²) in [6.07, 6.45) is 4.68. The lowest BCUT2D eigenvalue weighted by atomic mass is 10.0. The summed E-state index contributed by atoms with van der Waals surface area (Å²) in [6.45, 7) is 3.60. The molecule has 6 heteroatoms. The molecular weight excluding hydrogens is 332 g/mol. The molecule has 2 aromatic rings. The number of hydrogen-bond acceptors (Lipinski definition) is 6. The summed E-state index contributed by atoms with van der Waals surface area (Å²) >= 11 is 0. The average Bonchev–Trinajstić information content (AvgIpc) is 3.35. The van der Waals surface area contributed by atoms with Gasteiger partial charge in [0, 0.05) is 49.8 Å². The molecule has 1 unspecified atom stereocenters. The first-order chi connectivity index (χ1) is 12.7. The minimum atomic E-state index is 0.370. The predicted molar refractivity (Wildman–Crippen MR) is 99.2 cm³/mol. The molecule has 140 valence electrons. The fourth-order valence-electron chi connectivity index (χ4n) is 4.04. The highest BCUT2D eigenvalue weighted by Crippen LogP contribution is 2.53. The number of methoxy groups -OCH3 is 3. The maximum absolute atomic E-state index is 6.04. The molecule has 0 bridgehead atoms.